The topological polar surface area (TPSA) is 88.9 Å². The molecule has 0 fully saturated rings. The van der Waals surface area contributed by atoms with Crippen molar-refractivity contribution in [1.82, 2.24) is 25.4 Å². The number of nitrogens with one attached hydrogen (secondary N) is 2. The molecule has 0 saturated carbocycles. The molecule has 0 saturated heterocycles. The molecule has 34 heavy (non-hydrogen) atoms. The lowest BCUT2D eigenvalue weighted by atomic mass is 10.0. The first-order valence-electron chi connectivity index (χ1n) is 10.8. The molecule has 3 aromatic rings. The third kappa shape index (κ3) is 6.98. The van der Waals surface area contributed by atoms with Gasteiger partial charge in [0, 0.05) is 19.2 Å². The van der Waals surface area contributed by atoms with Crippen LogP contribution in [-0.2, 0) is 18.3 Å². The molecular weight excluding hydrogens is 493 g/mol. The Labute approximate surface area is 213 Å². The summed E-state index contributed by atoms with van der Waals surface area (Å²) in [5, 5.41) is 15.8. The van der Waals surface area contributed by atoms with E-state index in [1.54, 1.807) is 12.1 Å². The average Bonchev–Trinajstić information content (AvgIpc) is 3.18. The highest BCUT2D eigenvalue weighted by Gasteiger charge is 2.25. The van der Waals surface area contributed by atoms with E-state index >= 15 is 0 Å². The van der Waals surface area contributed by atoms with Crippen LogP contribution >= 0.6 is 35.0 Å². The molecule has 1 heterocycles. The number of thioether (sulfide) groups is 1. The maximum Gasteiger partial charge on any atom is 0.251 e. The predicted molar refractivity (Wildman–Crippen MR) is 136 cm³/mol. The van der Waals surface area contributed by atoms with Gasteiger partial charge in [-0.05, 0) is 36.1 Å². The van der Waals surface area contributed by atoms with Gasteiger partial charge in [-0.2, -0.15) is 0 Å². The summed E-state index contributed by atoms with van der Waals surface area (Å²) in [6.45, 7) is 4.55. The molecule has 0 spiro atoms. The van der Waals surface area contributed by atoms with Crippen LogP contribution in [0, 0.1) is 5.92 Å². The Balaban J connectivity index is 1.58. The van der Waals surface area contributed by atoms with Crippen LogP contribution in [0.25, 0.3) is 0 Å². The van der Waals surface area contributed by atoms with Gasteiger partial charge in [-0.15, -0.1) is 10.2 Å². The van der Waals surface area contributed by atoms with Crippen molar-refractivity contribution in [2.45, 2.75) is 31.5 Å². The predicted octanol–water partition coefficient (Wildman–Crippen LogP) is 4.70. The fourth-order valence-electron chi connectivity index (χ4n) is 3.29. The average molecular weight is 520 g/mol. The van der Waals surface area contributed by atoms with Crippen molar-refractivity contribution in [2.24, 2.45) is 13.0 Å². The molecule has 2 aromatic carbocycles. The number of benzene rings is 2. The Morgan fingerprint density at radius 1 is 1.06 bits per heavy atom. The zero-order valence-electron chi connectivity index (χ0n) is 19.2. The van der Waals surface area contributed by atoms with Gasteiger partial charge in [0.1, 0.15) is 0 Å². The highest BCUT2D eigenvalue weighted by molar-refractivity contribution is 7.99. The lowest BCUT2D eigenvalue weighted by molar-refractivity contribution is -0.118. The zero-order valence-corrected chi connectivity index (χ0v) is 21.5. The minimum Gasteiger partial charge on any atom is -0.355 e. The number of halogens is 2. The Bertz CT molecular complexity index is 1140. The van der Waals surface area contributed by atoms with E-state index in [4.69, 9.17) is 23.2 Å². The largest absolute Gasteiger partial charge is 0.355 e. The van der Waals surface area contributed by atoms with Crippen molar-refractivity contribution in [3.63, 3.8) is 0 Å². The highest BCUT2D eigenvalue weighted by atomic mass is 35.5. The quantitative estimate of drug-likeness (QED) is 0.379. The molecular formula is C24H27Cl2N5O2S. The lowest BCUT2D eigenvalue weighted by Gasteiger charge is -2.22. The normalized spacial score (nSPS) is 11.9. The second kappa shape index (κ2) is 12.2. The van der Waals surface area contributed by atoms with E-state index in [1.807, 2.05) is 55.8 Å². The Morgan fingerprint density at radius 3 is 2.47 bits per heavy atom. The first kappa shape index (κ1) is 26.1. The molecule has 0 radical (unpaired) electrons. The lowest BCUT2D eigenvalue weighted by Crippen LogP contribution is -2.33. The van der Waals surface area contributed by atoms with Crippen LogP contribution in [0.3, 0.4) is 0 Å². The minimum absolute atomic E-state index is 0.0498. The molecule has 1 atom stereocenters. The number of nitrogens with zero attached hydrogens (tertiary/aromatic N) is 3. The summed E-state index contributed by atoms with van der Waals surface area (Å²) in [5.74, 6) is 0.526. The van der Waals surface area contributed by atoms with Gasteiger partial charge in [0.05, 0.1) is 21.8 Å². The second-order valence-electron chi connectivity index (χ2n) is 8.10. The van der Waals surface area contributed by atoms with Gasteiger partial charge in [-0.3, -0.25) is 9.59 Å². The molecule has 0 aliphatic rings. The monoisotopic (exact) mass is 519 g/mol. The molecule has 0 aliphatic carbocycles. The maximum atomic E-state index is 12.8. The van der Waals surface area contributed by atoms with Gasteiger partial charge in [0.2, 0.25) is 5.91 Å². The third-order valence-corrected chi connectivity index (χ3v) is 6.95. The zero-order chi connectivity index (χ0) is 24.7. The number of carbonyl (C=O) groups excluding carboxylic acids is 2. The van der Waals surface area contributed by atoms with E-state index in [1.165, 1.54) is 23.4 Å². The maximum absolute atomic E-state index is 12.8. The molecule has 0 aliphatic heterocycles. The van der Waals surface area contributed by atoms with Gasteiger partial charge in [0.15, 0.2) is 11.0 Å². The standard InChI is InChI=1S/C24H27Cl2N5O2S/c1-15(2)21(28-23(33)17-9-10-18(25)19(26)13-17)22-29-30-24(31(22)3)34-14-20(32)27-12-11-16-7-5-4-6-8-16/h4-10,13,15,21H,11-12,14H2,1-3H3,(H,27,32)(H,28,33)/t21-/m0/s1. The highest BCUT2D eigenvalue weighted by Crippen LogP contribution is 2.26. The SMILES string of the molecule is CC(C)[C@H](NC(=O)c1ccc(Cl)c(Cl)c1)c1nnc(SCC(=O)NCCc2ccccc2)n1C. The summed E-state index contributed by atoms with van der Waals surface area (Å²) in [6, 6.07) is 14.4. The van der Waals surface area contributed by atoms with Crippen LogP contribution in [0.5, 0.6) is 0 Å². The molecule has 7 nitrogen and oxygen atoms in total. The molecule has 2 N–H and O–H groups in total. The van der Waals surface area contributed by atoms with E-state index in [0.717, 1.165) is 6.42 Å². The molecule has 0 unspecified atom stereocenters. The summed E-state index contributed by atoms with van der Waals surface area (Å²) < 4.78 is 1.81. The van der Waals surface area contributed by atoms with E-state index in [2.05, 4.69) is 20.8 Å². The number of amides is 2. The molecule has 2 amide bonds. The molecule has 10 heteroatoms. The van der Waals surface area contributed by atoms with Crippen LogP contribution in [-0.4, -0.2) is 38.9 Å². The van der Waals surface area contributed by atoms with E-state index in [-0.39, 0.29) is 29.5 Å². The number of rotatable bonds is 10. The van der Waals surface area contributed by atoms with Gasteiger partial charge in [0.25, 0.3) is 5.91 Å². The van der Waals surface area contributed by atoms with E-state index in [9.17, 15) is 9.59 Å². The van der Waals surface area contributed by atoms with Crippen LogP contribution < -0.4 is 10.6 Å². The van der Waals surface area contributed by atoms with Crippen LogP contribution in [0.15, 0.2) is 53.7 Å². The Kier molecular flexibility index (Phi) is 9.38. The number of aromatic nitrogens is 3. The van der Waals surface area contributed by atoms with Gasteiger partial charge < -0.3 is 15.2 Å². The summed E-state index contributed by atoms with van der Waals surface area (Å²) >= 11 is 13.3. The number of hydrogen-bond donors (Lipinski definition) is 2. The first-order chi connectivity index (χ1) is 16.3. The van der Waals surface area contributed by atoms with Crippen LogP contribution in [0.1, 0.15) is 41.6 Å². The number of hydrogen-bond acceptors (Lipinski definition) is 5. The van der Waals surface area contributed by atoms with Crippen molar-refractivity contribution in [3.8, 4) is 0 Å². The number of carbonyl (C=O) groups is 2. The fourth-order valence-corrected chi connectivity index (χ4v) is 4.33. The minimum atomic E-state index is -0.381. The van der Waals surface area contributed by atoms with Gasteiger partial charge >= 0.3 is 0 Å². The van der Waals surface area contributed by atoms with Crippen molar-refractivity contribution in [2.75, 3.05) is 12.3 Å². The summed E-state index contributed by atoms with van der Waals surface area (Å²) in [5.41, 5.74) is 1.58. The molecule has 0 bridgehead atoms. The van der Waals surface area contributed by atoms with Crippen LogP contribution in [0.2, 0.25) is 10.0 Å². The molecule has 1 aromatic heterocycles. The van der Waals surface area contributed by atoms with Crippen molar-refractivity contribution in [3.05, 3.63) is 75.5 Å². The van der Waals surface area contributed by atoms with Gasteiger partial charge in [-0.25, -0.2) is 0 Å². The molecule has 3 rings (SSSR count). The summed E-state index contributed by atoms with van der Waals surface area (Å²) in [7, 11) is 1.83. The van der Waals surface area contributed by atoms with E-state index in [0.29, 0.717) is 33.1 Å². The fraction of sp³-hybridized carbons (Fsp3) is 0.333. The summed E-state index contributed by atoms with van der Waals surface area (Å²) in [4.78, 5) is 25.1. The third-order valence-electron chi connectivity index (χ3n) is 5.19. The Hall–Kier alpha value is -2.55. The molecule has 180 valence electrons. The van der Waals surface area contributed by atoms with Gasteiger partial charge in [-0.1, -0.05) is 79.1 Å². The first-order valence-corrected chi connectivity index (χ1v) is 12.6. The Morgan fingerprint density at radius 2 is 1.79 bits per heavy atom. The van der Waals surface area contributed by atoms with Crippen molar-refractivity contribution in [1.29, 1.82) is 0 Å². The van der Waals surface area contributed by atoms with E-state index < -0.39 is 0 Å². The summed E-state index contributed by atoms with van der Waals surface area (Å²) in [6.07, 6.45) is 0.778. The van der Waals surface area contributed by atoms with Crippen molar-refractivity contribution >= 4 is 46.8 Å². The second-order valence-corrected chi connectivity index (χ2v) is 9.85. The smallest absolute Gasteiger partial charge is 0.251 e. The van der Waals surface area contributed by atoms with Crippen LogP contribution in [0.4, 0.5) is 0 Å². The van der Waals surface area contributed by atoms with Crippen molar-refractivity contribution < 1.29 is 9.59 Å².